The number of rotatable bonds is 10. The first-order valence-electron chi connectivity index (χ1n) is 20.3. The third kappa shape index (κ3) is 7.75. The van der Waals surface area contributed by atoms with E-state index in [9.17, 15) is 39.0 Å². The molecule has 6 rings (SSSR count). The minimum atomic E-state index is -2.35. The SMILES string of the molecule is CC(=O)O[C@H]1C(=O)[C@@]2(C)C(C(OC(=O)c3ccccc3)[C@]34OC(=O)O[C@H]3[C@H](OC(=O)[C@H](O)[C@H](CC(C)C)NC(=O)OC(C)(C)C)C=C1C4(C)C)[C@]1(OC(C)=O)CO[C@@H]1C[C@H]2O. The summed E-state index contributed by atoms with van der Waals surface area (Å²) in [6.07, 6.45) is -13.2. The van der Waals surface area contributed by atoms with Crippen molar-refractivity contribution in [2.75, 3.05) is 6.61 Å². The van der Waals surface area contributed by atoms with Crippen LogP contribution in [0.15, 0.2) is 42.0 Å². The molecule has 4 fully saturated rings. The van der Waals surface area contributed by atoms with Gasteiger partial charge >= 0.3 is 36.1 Å². The highest BCUT2D eigenvalue weighted by atomic mass is 16.8. The lowest BCUT2D eigenvalue weighted by molar-refractivity contribution is -0.345. The zero-order chi connectivity index (χ0) is 45.2. The Bertz CT molecular complexity index is 1990. The minimum absolute atomic E-state index is 0.0250. The zero-order valence-corrected chi connectivity index (χ0v) is 35.9. The molecule has 2 unspecified atom stereocenters. The standard InChI is InChI=1S/C43H55NO17/c1-20(2)16-25(44-37(52)60-39(5,6)7)29(48)36(51)56-26-17-24-30(55-21(3)45)32(49)41(10)27(47)18-28-42(19-54-28,59-22(4)46)31(41)34(57-35(50)23-14-12-11-13-15-23)43(40(24,8)9)33(26)58-38(53)61-43/h11-15,17,20,25-31,33-34,47-48H,16,18-19H2,1-10H3,(H,44,52)/t25-,26+,27+,28+,29+,30+,31?,33-,34?,41+,42-,43+/m0/s1. The van der Waals surface area contributed by atoms with Crippen molar-refractivity contribution in [2.45, 2.75) is 148 Å². The first kappa shape index (κ1) is 45.5. The number of carbonyl (C=O) groups excluding carboxylic acids is 7. The van der Waals surface area contributed by atoms with Crippen molar-refractivity contribution in [2.24, 2.45) is 22.7 Å². The highest BCUT2D eigenvalue weighted by Gasteiger charge is 2.83. The molecule has 1 aromatic rings. The molecule has 3 N–H and O–H groups in total. The number of Topliss-reactive ketones (excluding diaryl/α,β-unsaturated/α-hetero) is 1. The number of benzene rings is 1. The van der Waals surface area contributed by atoms with Crippen LogP contribution >= 0.6 is 0 Å². The van der Waals surface area contributed by atoms with Gasteiger partial charge in [-0.25, -0.2) is 19.2 Å². The first-order valence-corrected chi connectivity index (χ1v) is 20.3. The molecule has 2 saturated heterocycles. The van der Waals surface area contributed by atoms with E-state index in [0.717, 1.165) is 13.8 Å². The Morgan fingerprint density at radius 1 is 0.967 bits per heavy atom. The normalized spacial score (nSPS) is 34.4. The second-order valence-corrected chi connectivity index (χ2v) is 18.6. The minimum Gasteiger partial charge on any atom is -0.454 e. The number of nitrogens with one attached hydrogen (secondary N) is 1. The third-order valence-corrected chi connectivity index (χ3v) is 12.5. The van der Waals surface area contributed by atoms with Gasteiger partial charge in [0.05, 0.1) is 35.6 Å². The Labute approximate surface area is 352 Å². The van der Waals surface area contributed by atoms with Gasteiger partial charge in [0, 0.05) is 25.7 Å². The van der Waals surface area contributed by atoms with Gasteiger partial charge in [-0.05, 0) is 63.8 Å². The molecule has 3 aliphatic carbocycles. The second kappa shape index (κ2) is 16.0. The molecule has 0 radical (unpaired) electrons. The quantitative estimate of drug-likeness (QED) is 0.174. The molecule has 334 valence electrons. The van der Waals surface area contributed by atoms with Crippen molar-refractivity contribution in [3.8, 4) is 0 Å². The fourth-order valence-electron chi connectivity index (χ4n) is 9.86. The molecule has 18 nitrogen and oxygen atoms in total. The molecule has 2 saturated carbocycles. The van der Waals surface area contributed by atoms with Crippen LogP contribution < -0.4 is 5.32 Å². The first-order chi connectivity index (χ1) is 28.3. The van der Waals surface area contributed by atoms with Gasteiger partial charge in [0.25, 0.3) is 0 Å². The Morgan fingerprint density at radius 2 is 1.62 bits per heavy atom. The van der Waals surface area contributed by atoms with Crippen molar-refractivity contribution in [3.05, 3.63) is 47.5 Å². The van der Waals surface area contributed by atoms with Crippen LogP contribution in [0.1, 0.15) is 92.4 Å². The van der Waals surface area contributed by atoms with Crippen LogP contribution in [-0.4, -0.2) is 124 Å². The fourth-order valence-corrected chi connectivity index (χ4v) is 9.86. The van der Waals surface area contributed by atoms with Crippen molar-refractivity contribution >= 4 is 41.9 Å². The number of esters is 4. The number of carbonyl (C=O) groups is 7. The van der Waals surface area contributed by atoms with Crippen LogP contribution in [0.5, 0.6) is 0 Å². The molecule has 5 aliphatic rings. The molecule has 1 aromatic carbocycles. The van der Waals surface area contributed by atoms with Crippen LogP contribution in [0.25, 0.3) is 0 Å². The highest BCUT2D eigenvalue weighted by molar-refractivity contribution is 5.95. The van der Waals surface area contributed by atoms with Crippen molar-refractivity contribution in [1.82, 2.24) is 5.32 Å². The molecule has 2 aliphatic heterocycles. The fraction of sp³-hybridized carbons (Fsp3) is 0.651. The third-order valence-electron chi connectivity index (χ3n) is 12.5. The van der Waals surface area contributed by atoms with E-state index in [1.807, 2.05) is 0 Å². The number of fused-ring (bicyclic) bond motifs is 4. The van der Waals surface area contributed by atoms with E-state index in [4.69, 9.17) is 37.9 Å². The summed E-state index contributed by atoms with van der Waals surface area (Å²) in [6.45, 7) is 14.7. The van der Waals surface area contributed by atoms with Gasteiger partial charge in [0.15, 0.2) is 41.9 Å². The average Bonchev–Trinajstić information content (AvgIpc) is 3.52. The lowest BCUT2D eigenvalue weighted by Crippen LogP contribution is -2.83. The van der Waals surface area contributed by atoms with E-state index in [2.05, 4.69) is 5.32 Å². The number of hydrogen-bond donors (Lipinski definition) is 3. The molecular weight excluding hydrogens is 802 g/mol. The summed E-state index contributed by atoms with van der Waals surface area (Å²) in [5, 5.41) is 26.1. The Morgan fingerprint density at radius 3 is 2.18 bits per heavy atom. The number of amides is 1. The summed E-state index contributed by atoms with van der Waals surface area (Å²) < 4.78 is 47.7. The van der Waals surface area contributed by atoms with E-state index in [1.54, 1.807) is 52.8 Å². The molecule has 1 amide bonds. The smallest absolute Gasteiger partial charge is 0.454 e. The summed E-state index contributed by atoms with van der Waals surface area (Å²) in [5.74, 6) is -6.75. The van der Waals surface area contributed by atoms with E-state index in [0.29, 0.717) is 0 Å². The van der Waals surface area contributed by atoms with Crippen LogP contribution in [0, 0.1) is 22.7 Å². The van der Waals surface area contributed by atoms with Gasteiger partial charge in [-0.3, -0.25) is 14.4 Å². The summed E-state index contributed by atoms with van der Waals surface area (Å²) in [4.78, 5) is 96.6. The molecular formula is C43H55NO17. The Kier molecular flexibility index (Phi) is 11.9. The van der Waals surface area contributed by atoms with Crippen LogP contribution in [0.3, 0.4) is 0 Å². The van der Waals surface area contributed by atoms with Gasteiger partial charge in [-0.15, -0.1) is 0 Å². The molecule has 12 atom stereocenters. The Balaban J connectivity index is 1.58. The number of aliphatic hydroxyl groups is 2. The summed E-state index contributed by atoms with van der Waals surface area (Å²) in [6, 6.07) is 6.45. The predicted molar refractivity (Wildman–Crippen MR) is 207 cm³/mol. The second-order valence-electron chi connectivity index (χ2n) is 18.6. The number of alkyl carbamates (subject to hydrolysis) is 1. The van der Waals surface area contributed by atoms with Gasteiger partial charge in [0.2, 0.25) is 5.60 Å². The molecule has 0 aromatic heterocycles. The van der Waals surface area contributed by atoms with E-state index >= 15 is 4.79 Å². The largest absolute Gasteiger partial charge is 0.509 e. The van der Waals surface area contributed by atoms with E-state index in [1.165, 1.54) is 39.0 Å². The van der Waals surface area contributed by atoms with E-state index < -0.39 is 124 Å². The maximum Gasteiger partial charge on any atom is 0.509 e. The number of aliphatic hydroxyl groups excluding tert-OH is 2. The highest BCUT2D eigenvalue weighted by Crippen LogP contribution is 2.66. The predicted octanol–water partition coefficient (Wildman–Crippen LogP) is 3.27. The lowest BCUT2D eigenvalue weighted by atomic mass is 9.44. The average molecular weight is 858 g/mol. The number of ketones is 1. The molecule has 2 bridgehead atoms. The van der Waals surface area contributed by atoms with Crippen LogP contribution in [0.2, 0.25) is 0 Å². The van der Waals surface area contributed by atoms with Crippen molar-refractivity contribution in [1.29, 1.82) is 0 Å². The van der Waals surface area contributed by atoms with Crippen molar-refractivity contribution in [3.63, 3.8) is 0 Å². The Hall–Kier alpha value is -5.07. The number of hydrogen-bond acceptors (Lipinski definition) is 17. The van der Waals surface area contributed by atoms with Gasteiger partial charge in [-0.1, -0.05) is 45.9 Å². The van der Waals surface area contributed by atoms with Gasteiger partial charge in [-0.2, -0.15) is 0 Å². The molecule has 1 spiro atoms. The number of ether oxygens (including phenoxy) is 8. The van der Waals surface area contributed by atoms with Crippen LogP contribution in [-0.2, 0) is 57.1 Å². The summed E-state index contributed by atoms with van der Waals surface area (Å²) in [5.41, 5.74) is -9.04. The van der Waals surface area contributed by atoms with Gasteiger partial charge in [0.1, 0.15) is 11.7 Å². The summed E-state index contributed by atoms with van der Waals surface area (Å²) in [7, 11) is 0. The monoisotopic (exact) mass is 857 g/mol. The zero-order valence-electron chi connectivity index (χ0n) is 35.9. The molecule has 2 heterocycles. The van der Waals surface area contributed by atoms with Crippen LogP contribution in [0.4, 0.5) is 9.59 Å². The molecule has 61 heavy (non-hydrogen) atoms. The van der Waals surface area contributed by atoms with Crippen molar-refractivity contribution < 1.29 is 81.7 Å². The topological polar surface area (TPSA) is 246 Å². The summed E-state index contributed by atoms with van der Waals surface area (Å²) >= 11 is 0. The maximum atomic E-state index is 15.4. The van der Waals surface area contributed by atoms with E-state index in [-0.39, 0.29) is 36.5 Å². The maximum absolute atomic E-state index is 15.4. The van der Waals surface area contributed by atoms with Gasteiger partial charge < -0.3 is 53.4 Å². The lowest BCUT2D eigenvalue weighted by Gasteiger charge is -2.67. The molecule has 18 heteroatoms.